The Morgan fingerprint density at radius 1 is 1.44 bits per heavy atom. The molecule has 1 amide bonds. The Morgan fingerprint density at radius 2 is 2.22 bits per heavy atom. The fourth-order valence-electron chi connectivity index (χ4n) is 1.28. The number of hydrogen-bond donors (Lipinski definition) is 1. The van der Waals surface area contributed by atoms with Gasteiger partial charge in [0.2, 0.25) is 0 Å². The number of amides is 1. The van der Waals surface area contributed by atoms with E-state index in [9.17, 15) is 4.79 Å². The number of hydrogen-bond acceptors (Lipinski definition) is 4. The van der Waals surface area contributed by atoms with Gasteiger partial charge in [-0.2, -0.15) is 0 Å². The van der Waals surface area contributed by atoms with Crippen LogP contribution in [0.2, 0.25) is 0 Å². The number of ether oxygens (including phenoxy) is 1. The zero-order valence-electron chi connectivity index (χ0n) is 9.42. The summed E-state index contributed by atoms with van der Waals surface area (Å²) >= 11 is 1.37. The topological polar surface area (TPSA) is 51.2 Å². The second kappa shape index (κ2) is 5.84. The molecule has 0 radical (unpaired) electrons. The van der Waals surface area contributed by atoms with Crippen molar-refractivity contribution >= 4 is 22.4 Å². The fourth-order valence-corrected chi connectivity index (χ4v) is 1.81. The van der Waals surface area contributed by atoms with E-state index in [1.807, 2.05) is 0 Å². The molecule has 1 aromatic heterocycles. The van der Waals surface area contributed by atoms with Crippen molar-refractivity contribution in [3.05, 3.63) is 41.4 Å². The van der Waals surface area contributed by atoms with Gasteiger partial charge in [0, 0.05) is 17.1 Å². The van der Waals surface area contributed by atoms with Gasteiger partial charge in [-0.15, -0.1) is 17.8 Å². The van der Waals surface area contributed by atoms with Gasteiger partial charge >= 0.3 is 0 Å². The first-order valence-corrected chi connectivity index (χ1v) is 6.05. The van der Waals surface area contributed by atoms with Crippen LogP contribution >= 0.6 is 11.3 Å². The molecule has 5 heteroatoms. The van der Waals surface area contributed by atoms with Crippen LogP contribution in [0, 0.1) is 12.3 Å². The van der Waals surface area contributed by atoms with Gasteiger partial charge in [0.25, 0.3) is 5.91 Å². The minimum Gasteiger partial charge on any atom is -0.481 e. The summed E-state index contributed by atoms with van der Waals surface area (Å²) in [6, 6.07) is 6.76. The molecule has 0 aliphatic rings. The molecule has 0 aliphatic carbocycles. The number of benzene rings is 1. The molecule has 2 aromatic rings. The first kappa shape index (κ1) is 12.1. The van der Waals surface area contributed by atoms with Crippen LogP contribution < -0.4 is 10.1 Å². The van der Waals surface area contributed by atoms with E-state index in [0.717, 1.165) is 0 Å². The third kappa shape index (κ3) is 3.09. The largest absolute Gasteiger partial charge is 0.481 e. The maximum absolute atomic E-state index is 11.8. The summed E-state index contributed by atoms with van der Waals surface area (Å²) < 4.78 is 5.22. The quantitative estimate of drug-likeness (QED) is 0.857. The molecule has 0 atom stereocenters. The van der Waals surface area contributed by atoms with Gasteiger partial charge in [0.1, 0.15) is 12.4 Å². The molecule has 0 saturated carbocycles. The summed E-state index contributed by atoms with van der Waals surface area (Å²) in [5.74, 6) is 2.81. The Balaban J connectivity index is 2.01. The lowest BCUT2D eigenvalue weighted by Crippen LogP contribution is -2.11. The molecule has 1 aromatic carbocycles. The highest BCUT2D eigenvalue weighted by molar-refractivity contribution is 7.13. The Hall–Kier alpha value is -2.32. The van der Waals surface area contributed by atoms with Crippen LogP contribution in [-0.4, -0.2) is 17.5 Å². The SMILES string of the molecule is C#CCOc1ccc(C(=O)Nc2nccs2)cc1. The van der Waals surface area contributed by atoms with Gasteiger partial charge in [-0.1, -0.05) is 5.92 Å². The maximum Gasteiger partial charge on any atom is 0.257 e. The molecular weight excluding hydrogens is 248 g/mol. The Labute approximate surface area is 109 Å². The van der Waals surface area contributed by atoms with Crippen molar-refractivity contribution in [1.82, 2.24) is 4.98 Å². The van der Waals surface area contributed by atoms with Crippen molar-refractivity contribution in [2.45, 2.75) is 0 Å². The number of nitrogens with one attached hydrogen (secondary N) is 1. The number of terminal acetylenes is 1. The molecule has 2 rings (SSSR count). The second-order valence-electron chi connectivity index (χ2n) is 3.31. The third-order valence-corrected chi connectivity index (χ3v) is 2.78. The lowest BCUT2D eigenvalue weighted by Gasteiger charge is -2.04. The maximum atomic E-state index is 11.8. The van der Waals surface area contributed by atoms with E-state index in [-0.39, 0.29) is 12.5 Å². The Bertz CT molecular complexity index is 556. The van der Waals surface area contributed by atoms with Crippen molar-refractivity contribution in [2.75, 3.05) is 11.9 Å². The van der Waals surface area contributed by atoms with E-state index in [0.29, 0.717) is 16.4 Å². The van der Waals surface area contributed by atoms with Crippen molar-refractivity contribution in [3.8, 4) is 18.1 Å². The number of nitrogens with zero attached hydrogens (tertiary/aromatic N) is 1. The molecule has 0 saturated heterocycles. The predicted octanol–water partition coefficient (Wildman–Crippen LogP) is 2.41. The van der Waals surface area contributed by atoms with Gasteiger partial charge in [0.05, 0.1) is 0 Å². The van der Waals surface area contributed by atoms with Gasteiger partial charge in [-0.05, 0) is 24.3 Å². The van der Waals surface area contributed by atoms with E-state index >= 15 is 0 Å². The lowest BCUT2D eigenvalue weighted by molar-refractivity contribution is 0.102. The average molecular weight is 258 g/mol. The monoisotopic (exact) mass is 258 g/mol. The normalized spacial score (nSPS) is 9.50. The molecular formula is C13H10N2O2S. The summed E-state index contributed by atoms with van der Waals surface area (Å²) in [4.78, 5) is 15.8. The summed E-state index contributed by atoms with van der Waals surface area (Å²) in [6.45, 7) is 0.213. The standard InChI is InChI=1S/C13H10N2O2S/c1-2-8-17-11-5-3-10(4-6-11)12(16)15-13-14-7-9-18-13/h1,3-7,9H,8H2,(H,14,15,16). The van der Waals surface area contributed by atoms with E-state index < -0.39 is 0 Å². The number of carbonyl (C=O) groups is 1. The van der Waals surface area contributed by atoms with Crippen LogP contribution in [0.4, 0.5) is 5.13 Å². The highest BCUT2D eigenvalue weighted by atomic mass is 32.1. The lowest BCUT2D eigenvalue weighted by atomic mass is 10.2. The van der Waals surface area contributed by atoms with Crippen LogP contribution in [0.5, 0.6) is 5.75 Å². The minimum absolute atomic E-state index is 0.201. The van der Waals surface area contributed by atoms with E-state index in [4.69, 9.17) is 11.2 Å². The summed E-state index contributed by atoms with van der Waals surface area (Å²) in [5, 5.41) is 5.07. The molecule has 18 heavy (non-hydrogen) atoms. The van der Waals surface area contributed by atoms with Gasteiger partial charge in [-0.3, -0.25) is 10.1 Å². The summed E-state index contributed by atoms with van der Waals surface area (Å²) in [5.41, 5.74) is 0.540. The van der Waals surface area contributed by atoms with E-state index in [1.165, 1.54) is 11.3 Å². The third-order valence-electron chi connectivity index (χ3n) is 2.09. The zero-order chi connectivity index (χ0) is 12.8. The molecule has 0 unspecified atom stereocenters. The number of carbonyl (C=O) groups excluding carboxylic acids is 1. The second-order valence-corrected chi connectivity index (χ2v) is 4.20. The van der Waals surface area contributed by atoms with Crippen LogP contribution in [-0.2, 0) is 0 Å². The van der Waals surface area contributed by atoms with Crippen molar-refractivity contribution in [2.24, 2.45) is 0 Å². The number of thiazole rings is 1. The Morgan fingerprint density at radius 3 is 2.83 bits per heavy atom. The van der Waals surface area contributed by atoms with Crippen LogP contribution in [0.3, 0.4) is 0 Å². The van der Waals surface area contributed by atoms with Gasteiger partial charge in [-0.25, -0.2) is 4.98 Å². The number of aromatic nitrogens is 1. The molecule has 0 aliphatic heterocycles. The minimum atomic E-state index is -0.201. The molecule has 4 nitrogen and oxygen atoms in total. The van der Waals surface area contributed by atoms with E-state index in [1.54, 1.807) is 35.8 Å². The number of anilines is 1. The molecule has 0 fully saturated rings. The van der Waals surface area contributed by atoms with Crippen LogP contribution in [0.1, 0.15) is 10.4 Å². The van der Waals surface area contributed by atoms with Crippen molar-refractivity contribution in [3.63, 3.8) is 0 Å². The van der Waals surface area contributed by atoms with Gasteiger partial charge in [0.15, 0.2) is 5.13 Å². The highest BCUT2D eigenvalue weighted by Gasteiger charge is 2.07. The Kier molecular flexibility index (Phi) is 3.94. The smallest absolute Gasteiger partial charge is 0.257 e. The molecule has 0 bridgehead atoms. The van der Waals surface area contributed by atoms with Crippen molar-refractivity contribution < 1.29 is 9.53 Å². The van der Waals surface area contributed by atoms with Crippen LogP contribution in [0.15, 0.2) is 35.8 Å². The molecule has 1 N–H and O–H groups in total. The van der Waals surface area contributed by atoms with Crippen molar-refractivity contribution in [1.29, 1.82) is 0 Å². The highest BCUT2D eigenvalue weighted by Crippen LogP contribution is 2.15. The first-order valence-electron chi connectivity index (χ1n) is 5.17. The molecule has 0 spiro atoms. The number of rotatable bonds is 4. The summed E-state index contributed by atoms with van der Waals surface area (Å²) in [7, 11) is 0. The average Bonchev–Trinajstić information content (AvgIpc) is 2.89. The van der Waals surface area contributed by atoms with E-state index in [2.05, 4.69) is 16.2 Å². The zero-order valence-corrected chi connectivity index (χ0v) is 10.2. The van der Waals surface area contributed by atoms with Crippen LogP contribution in [0.25, 0.3) is 0 Å². The summed E-state index contributed by atoms with van der Waals surface area (Å²) in [6.07, 6.45) is 6.72. The van der Waals surface area contributed by atoms with Gasteiger partial charge < -0.3 is 4.74 Å². The molecule has 90 valence electrons. The molecule has 1 heterocycles. The fraction of sp³-hybridized carbons (Fsp3) is 0.0769. The predicted molar refractivity (Wildman–Crippen MR) is 70.8 cm³/mol. The first-order chi connectivity index (χ1) is 8.79.